The van der Waals surface area contributed by atoms with Gasteiger partial charge in [-0.1, -0.05) is 29.3 Å². The third kappa shape index (κ3) is 4.66. The number of ether oxygens (including phenoxy) is 1. The third-order valence-corrected chi connectivity index (χ3v) is 5.79. The van der Waals surface area contributed by atoms with E-state index in [-0.39, 0.29) is 11.5 Å². The van der Waals surface area contributed by atoms with Crippen LogP contribution in [0.15, 0.2) is 29.8 Å². The number of hydrogen-bond acceptors (Lipinski definition) is 5. The topological polar surface area (TPSA) is 92.4 Å². The van der Waals surface area contributed by atoms with Crippen LogP contribution in [-0.4, -0.2) is 40.4 Å². The highest BCUT2D eigenvalue weighted by molar-refractivity contribution is 6.43. The molecule has 0 spiro atoms. The largest absolute Gasteiger partial charge is 0.451 e. The number of amides is 2. The van der Waals surface area contributed by atoms with Crippen molar-refractivity contribution < 1.29 is 19.1 Å². The standard InChI is InChI=1S/C22H19Cl2N3O4/c1-13-9-15(14(2)27(13)18-6-3-5-17(23)21(18)24)10-16(11-25)22(30)31-12-20(29)26-8-4-7-19(26)28/h3,5-6,9-10H,4,7-8,12H2,1-2H3/b16-10+. The van der Waals surface area contributed by atoms with Crippen molar-refractivity contribution in [1.82, 2.24) is 9.47 Å². The van der Waals surface area contributed by atoms with Crippen molar-refractivity contribution in [2.75, 3.05) is 13.2 Å². The zero-order valence-corrected chi connectivity index (χ0v) is 18.5. The van der Waals surface area contributed by atoms with E-state index in [1.807, 2.05) is 24.5 Å². The van der Waals surface area contributed by atoms with E-state index in [0.717, 1.165) is 16.3 Å². The highest BCUT2D eigenvalue weighted by atomic mass is 35.5. The number of carbonyl (C=O) groups is 3. The van der Waals surface area contributed by atoms with Crippen LogP contribution in [0.2, 0.25) is 10.0 Å². The van der Waals surface area contributed by atoms with Crippen molar-refractivity contribution in [2.45, 2.75) is 26.7 Å². The van der Waals surface area contributed by atoms with Crippen LogP contribution in [0.25, 0.3) is 11.8 Å². The van der Waals surface area contributed by atoms with Crippen molar-refractivity contribution in [3.63, 3.8) is 0 Å². The third-order valence-electron chi connectivity index (χ3n) is 4.98. The Bertz CT molecular complexity index is 1140. The summed E-state index contributed by atoms with van der Waals surface area (Å²) in [5.41, 5.74) is 2.58. The molecule has 2 amide bonds. The van der Waals surface area contributed by atoms with Gasteiger partial charge in [-0.25, -0.2) is 4.79 Å². The molecule has 2 aromatic rings. The van der Waals surface area contributed by atoms with E-state index in [4.69, 9.17) is 27.9 Å². The number of aromatic nitrogens is 1. The number of rotatable bonds is 5. The van der Waals surface area contributed by atoms with Crippen molar-refractivity contribution in [3.8, 4) is 11.8 Å². The molecule has 1 aromatic heterocycles. The molecule has 0 unspecified atom stereocenters. The quantitative estimate of drug-likeness (QED) is 0.382. The number of halogens is 2. The van der Waals surface area contributed by atoms with Crippen LogP contribution in [0.3, 0.4) is 0 Å². The molecule has 0 N–H and O–H groups in total. The lowest BCUT2D eigenvalue weighted by molar-refractivity contribution is -0.152. The van der Waals surface area contributed by atoms with Gasteiger partial charge in [0.25, 0.3) is 5.91 Å². The van der Waals surface area contributed by atoms with Gasteiger partial charge in [0.2, 0.25) is 5.91 Å². The van der Waals surface area contributed by atoms with Crippen molar-refractivity contribution in [2.24, 2.45) is 0 Å². The predicted molar refractivity (Wildman–Crippen MR) is 116 cm³/mol. The van der Waals surface area contributed by atoms with E-state index in [1.54, 1.807) is 24.3 Å². The minimum Gasteiger partial charge on any atom is -0.451 e. The molecular formula is C22H19Cl2N3O4. The number of nitrogens with zero attached hydrogens (tertiary/aromatic N) is 3. The molecule has 1 aliphatic rings. The van der Waals surface area contributed by atoms with Gasteiger partial charge in [0.1, 0.15) is 11.6 Å². The lowest BCUT2D eigenvalue weighted by Crippen LogP contribution is -2.35. The van der Waals surface area contributed by atoms with Crippen LogP contribution < -0.4 is 0 Å². The molecule has 31 heavy (non-hydrogen) atoms. The normalized spacial score (nSPS) is 14.0. The molecule has 9 heteroatoms. The fourth-order valence-corrected chi connectivity index (χ4v) is 3.84. The van der Waals surface area contributed by atoms with E-state index in [2.05, 4.69) is 0 Å². The van der Waals surface area contributed by atoms with Crippen LogP contribution in [-0.2, 0) is 19.1 Å². The van der Waals surface area contributed by atoms with E-state index in [0.29, 0.717) is 40.7 Å². The van der Waals surface area contributed by atoms with E-state index in [1.165, 1.54) is 6.08 Å². The van der Waals surface area contributed by atoms with E-state index in [9.17, 15) is 19.6 Å². The average molecular weight is 460 g/mol. The van der Waals surface area contributed by atoms with Gasteiger partial charge in [0.15, 0.2) is 6.61 Å². The van der Waals surface area contributed by atoms with Crippen LogP contribution in [0, 0.1) is 25.2 Å². The van der Waals surface area contributed by atoms with Gasteiger partial charge in [-0.3, -0.25) is 14.5 Å². The first-order valence-corrected chi connectivity index (χ1v) is 10.3. The molecule has 0 radical (unpaired) electrons. The summed E-state index contributed by atoms with van der Waals surface area (Å²) in [7, 11) is 0. The second-order valence-electron chi connectivity index (χ2n) is 7.02. The summed E-state index contributed by atoms with van der Waals surface area (Å²) in [6.07, 6.45) is 2.29. The SMILES string of the molecule is Cc1cc(/C=C(\C#N)C(=O)OCC(=O)N2CCCC2=O)c(C)n1-c1cccc(Cl)c1Cl. The van der Waals surface area contributed by atoms with Gasteiger partial charge >= 0.3 is 5.97 Å². The van der Waals surface area contributed by atoms with E-state index >= 15 is 0 Å². The maximum absolute atomic E-state index is 12.3. The maximum atomic E-state index is 12.3. The predicted octanol–water partition coefficient (Wildman–Crippen LogP) is 4.00. The van der Waals surface area contributed by atoms with Crippen LogP contribution in [0.5, 0.6) is 0 Å². The first-order chi connectivity index (χ1) is 14.7. The molecule has 0 bridgehead atoms. The second kappa shape index (κ2) is 9.38. The molecule has 3 rings (SSSR count). The van der Waals surface area contributed by atoms with Crippen LogP contribution in [0.4, 0.5) is 0 Å². The summed E-state index contributed by atoms with van der Waals surface area (Å²) in [6.45, 7) is 3.39. The van der Waals surface area contributed by atoms with Crippen LogP contribution >= 0.6 is 23.2 Å². The zero-order chi connectivity index (χ0) is 22.7. The maximum Gasteiger partial charge on any atom is 0.349 e. The first kappa shape index (κ1) is 22.6. The van der Waals surface area contributed by atoms with Gasteiger partial charge < -0.3 is 9.30 Å². The Balaban J connectivity index is 1.82. The number of nitriles is 1. The molecule has 1 saturated heterocycles. The molecule has 0 atom stereocenters. The molecule has 1 fully saturated rings. The number of carbonyl (C=O) groups excluding carboxylic acids is 3. The summed E-state index contributed by atoms with van der Waals surface area (Å²) >= 11 is 12.5. The summed E-state index contributed by atoms with van der Waals surface area (Å²) in [5.74, 6) is -1.82. The monoisotopic (exact) mass is 459 g/mol. The Labute approximate surface area is 189 Å². The van der Waals surface area contributed by atoms with Gasteiger partial charge in [-0.2, -0.15) is 5.26 Å². The zero-order valence-electron chi connectivity index (χ0n) is 16.9. The Kier molecular flexibility index (Phi) is 6.84. The molecular weight excluding hydrogens is 441 g/mol. The molecule has 160 valence electrons. The highest BCUT2D eigenvalue weighted by Gasteiger charge is 2.27. The number of benzene rings is 1. The number of esters is 1. The summed E-state index contributed by atoms with van der Waals surface area (Å²) in [4.78, 5) is 37.1. The number of imide groups is 1. The second-order valence-corrected chi connectivity index (χ2v) is 7.81. The lowest BCUT2D eigenvalue weighted by Gasteiger charge is -2.13. The van der Waals surface area contributed by atoms with Gasteiger partial charge in [0, 0.05) is 24.4 Å². The number of likely N-dealkylation sites (tertiary alicyclic amines) is 1. The minimum atomic E-state index is -0.937. The first-order valence-electron chi connectivity index (χ1n) is 9.50. The van der Waals surface area contributed by atoms with Gasteiger partial charge in [0.05, 0.1) is 15.7 Å². The fourth-order valence-electron chi connectivity index (χ4n) is 3.46. The molecule has 0 aliphatic carbocycles. The molecule has 7 nitrogen and oxygen atoms in total. The molecule has 2 heterocycles. The molecule has 1 aliphatic heterocycles. The summed E-state index contributed by atoms with van der Waals surface area (Å²) < 4.78 is 6.83. The van der Waals surface area contributed by atoms with Gasteiger partial charge in [-0.05, 0) is 50.1 Å². The van der Waals surface area contributed by atoms with Crippen molar-refractivity contribution in [3.05, 3.63) is 56.8 Å². The number of aryl methyl sites for hydroxylation is 1. The fraction of sp³-hybridized carbons (Fsp3) is 0.273. The smallest absolute Gasteiger partial charge is 0.349 e. The molecule has 0 saturated carbocycles. The minimum absolute atomic E-state index is 0.266. The average Bonchev–Trinajstić information content (AvgIpc) is 3.29. The number of hydrogen-bond donors (Lipinski definition) is 0. The molecule has 1 aromatic carbocycles. The highest BCUT2D eigenvalue weighted by Crippen LogP contribution is 2.32. The Morgan fingerprint density at radius 1 is 1.29 bits per heavy atom. The van der Waals surface area contributed by atoms with Crippen LogP contribution in [0.1, 0.15) is 29.8 Å². The van der Waals surface area contributed by atoms with Crippen molar-refractivity contribution in [1.29, 1.82) is 5.26 Å². The summed E-state index contributed by atoms with van der Waals surface area (Å²) in [5, 5.41) is 10.2. The van der Waals surface area contributed by atoms with E-state index < -0.39 is 18.5 Å². The Morgan fingerprint density at radius 3 is 2.68 bits per heavy atom. The van der Waals surface area contributed by atoms with Gasteiger partial charge in [-0.15, -0.1) is 0 Å². The Hall–Kier alpha value is -3.08. The lowest BCUT2D eigenvalue weighted by atomic mass is 10.1. The van der Waals surface area contributed by atoms with Crippen molar-refractivity contribution >= 4 is 47.1 Å². The summed E-state index contributed by atoms with van der Waals surface area (Å²) in [6, 6.07) is 8.88. The Morgan fingerprint density at radius 2 is 2.03 bits per heavy atom.